The molecule has 1 aliphatic heterocycles. The predicted octanol–water partition coefficient (Wildman–Crippen LogP) is 2.55. The maximum atomic E-state index is 13.1. The van der Waals surface area contributed by atoms with Crippen molar-refractivity contribution >= 4 is 16.9 Å². The van der Waals surface area contributed by atoms with Crippen LogP contribution < -0.4 is 5.32 Å². The topological polar surface area (TPSA) is 64.9 Å². The Hall–Kier alpha value is -2.54. The van der Waals surface area contributed by atoms with Gasteiger partial charge in [0.25, 0.3) is 0 Å². The van der Waals surface area contributed by atoms with E-state index in [0.717, 1.165) is 36.3 Å². The van der Waals surface area contributed by atoms with E-state index in [1.807, 2.05) is 0 Å². The normalized spacial score (nSPS) is 17.7. The highest BCUT2D eigenvalue weighted by molar-refractivity contribution is 5.87. The van der Waals surface area contributed by atoms with E-state index in [1.165, 1.54) is 18.5 Å². The largest absolute Gasteiger partial charge is 0.376 e. The Morgan fingerprint density at radius 1 is 1.26 bits per heavy atom. The molecule has 0 amide bonds. The van der Waals surface area contributed by atoms with Gasteiger partial charge in [-0.2, -0.15) is 5.10 Å². The second-order valence-electron chi connectivity index (χ2n) is 5.51. The summed E-state index contributed by atoms with van der Waals surface area (Å²) in [6.07, 6.45) is 5.62. The highest BCUT2D eigenvalue weighted by Gasteiger charge is 2.17. The number of hydrogen-bond donors (Lipinski definition) is 1. The number of nitrogens with one attached hydrogen (secondary N) is 1. The van der Waals surface area contributed by atoms with Crippen LogP contribution in [0.2, 0.25) is 0 Å². The van der Waals surface area contributed by atoms with E-state index >= 15 is 0 Å². The molecule has 1 saturated heterocycles. The zero-order valence-electron chi connectivity index (χ0n) is 12.4. The minimum absolute atomic E-state index is 0.229. The van der Waals surface area contributed by atoms with Gasteiger partial charge in [-0.05, 0) is 37.1 Å². The van der Waals surface area contributed by atoms with Crippen LogP contribution in [0.5, 0.6) is 0 Å². The van der Waals surface area contributed by atoms with E-state index in [2.05, 4.69) is 20.4 Å². The van der Waals surface area contributed by atoms with Gasteiger partial charge in [0.1, 0.15) is 18.0 Å². The Morgan fingerprint density at radius 3 is 2.91 bits per heavy atom. The van der Waals surface area contributed by atoms with Gasteiger partial charge in [0.15, 0.2) is 5.65 Å². The molecule has 2 aromatic heterocycles. The van der Waals surface area contributed by atoms with Crippen molar-refractivity contribution in [3.8, 4) is 5.69 Å². The summed E-state index contributed by atoms with van der Waals surface area (Å²) >= 11 is 0. The number of anilines is 1. The molecule has 4 rings (SSSR count). The molecular formula is C16H16FN5O. The predicted molar refractivity (Wildman–Crippen MR) is 84.1 cm³/mol. The first-order valence-corrected chi connectivity index (χ1v) is 7.61. The van der Waals surface area contributed by atoms with E-state index in [0.29, 0.717) is 12.2 Å². The van der Waals surface area contributed by atoms with Crippen LogP contribution in [-0.2, 0) is 4.74 Å². The monoisotopic (exact) mass is 313 g/mol. The van der Waals surface area contributed by atoms with Crippen molar-refractivity contribution in [1.29, 1.82) is 0 Å². The lowest BCUT2D eigenvalue weighted by atomic mass is 10.2. The molecule has 6 nitrogen and oxygen atoms in total. The Kier molecular flexibility index (Phi) is 3.63. The number of nitrogens with zero attached hydrogens (tertiary/aromatic N) is 4. The maximum absolute atomic E-state index is 13.1. The average Bonchev–Trinajstić information content (AvgIpc) is 3.23. The fraction of sp³-hybridized carbons (Fsp3) is 0.312. The number of aromatic nitrogens is 4. The van der Waals surface area contributed by atoms with E-state index < -0.39 is 0 Å². The Labute approximate surface area is 132 Å². The summed E-state index contributed by atoms with van der Waals surface area (Å²) in [4.78, 5) is 8.60. The van der Waals surface area contributed by atoms with Gasteiger partial charge < -0.3 is 10.1 Å². The fourth-order valence-corrected chi connectivity index (χ4v) is 2.77. The number of rotatable bonds is 4. The summed E-state index contributed by atoms with van der Waals surface area (Å²) in [5.41, 5.74) is 1.44. The molecular weight excluding hydrogens is 297 g/mol. The van der Waals surface area contributed by atoms with Gasteiger partial charge in [0.05, 0.1) is 23.4 Å². The minimum Gasteiger partial charge on any atom is -0.376 e. The minimum atomic E-state index is -0.279. The van der Waals surface area contributed by atoms with Gasteiger partial charge >= 0.3 is 0 Å². The van der Waals surface area contributed by atoms with E-state index in [4.69, 9.17) is 4.74 Å². The molecule has 1 atom stereocenters. The molecule has 0 bridgehead atoms. The van der Waals surface area contributed by atoms with Crippen molar-refractivity contribution in [3.63, 3.8) is 0 Å². The summed E-state index contributed by atoms with van der Waals surface area (Å²) in [7, 11) is 0. The summed E-state index contributed by atoms with van der Waals surface area (Å²) in [6.45, 7) is 1.54. The molecule has 0 unspecified atom stereocenters. The van der Waals surface area contributed by atoms with Crippen LogP contribution in [0.3, 0.4) is 0 Å². The van der Waals surface area contributed by atoms with Gasteiger partial charge in [-0.3, -0.25) is 0 Å². The third kappa shape index (κ3) is 2.75. The van der Waals surface area contributed by atoms with Crippen LogP contribution in [0.25, 0.3) is 16.7 Å². The number of hydrogen-bond acceptors (Lipinski definition) is 5. The second kappa shape index (κ2) is 5.92. The van der Waals surface area contributed by atoms with E-state index in [-0.39, 0.29) is 11.9 Å². The lowest BCUT2D eigenvalue weighted by Gasteiger charge is -2.11. The molecule has 0 radical (unpaired) electrons. The first-order valence-electron chi connectivity index (χ1n) is 7.61. The average molecular weight is 313 g/mol. The van der Waals surface area contributed by atoms with Crippen molar-refractivity contribution in [2.24, 2.45) is 0 Å². The molecule has 1 aromatic carbocycles. The third-order valence-electron chi connectivity index (χ3n) is 3.96. The maximum Gasteiger partial charge on any atom is 0.168 e. The molecule has 0 aliphatic carbocycles. The van der Waals surface area contributed by atoms with Crippen LogP contribution in [-0.4, -0.2) is 39.0 Å². The number of benzene rings is 1. The summed E-state index contributed by atoms with van der Waals surface area (Å²) < 4.78 is 20.4. The summed E-state index contributed by atoms with van der Waals surface area (Å²) in [5.74, 6) is 0.456. The van der Waals surface area contributed by atoms with Crippen LogP contribution in [0.15, 0.2) is 36.8 Å². The fourth-order valence-electron chi connectivity index (χ4n) is 2.77. The molecule has 118 valence electrons. The van der Waals surface area contributed by atoms with Crippen LogP contribution in [0.4, 0.5) is 10.2 Å². The smallest absolute Gasteiger partial charge is 0.168 e. The molecule has 0 saturated carbocycles. The van der Waals surface area contributed by atoms with Gasteiger partial charge in [-0.1, -0.05) is 0 Å². The molecule has 3 aromatic rings. The molecule has 23 heavy (non-hydrogen) atoms. The molecule has 3 heterocycles. The summed E-state index contributed by atoms with van der Waals surface area (Å²) in [6, 6.07) is 6.15. The number of fused-ring (bicyclic) bond motifs is 1. The Balaban J connectivity index is 1.64. The number of halogens is 1. The highest BCUT2D eigenvalue weighted by atomic mass is 19.1. The standard InChI is InChI=1S/C16H16FN5O/c17-11-3-5-12(6-4-11)22-16-14(9-21-22)15(19-10-20-16)18-8-13-2-1-7-23-13/h3-6,9-10,13H,1-2,7-8H2,(H,18,19,20)/t13-/m1/s1. The molecule has 1 aliphatic rings. The van der Waals surface area contributed by atoms with Crippen molar-refractivity contribution in [1.82, 2.24) is 19.7 Å². The quantitative estimate of drug-likeness (QED) is 0.802. The zero-order chi connectivity index (χ0) is 15.6. The van der Waals surface area contributed by atoms with Crippen molar-refractivity contribution < 1.29 is 9.13 Å². The van der Waals surface area contributed by atoms with Crippen LogP contribution in [0.1, 0.15) is 12.8 Å². The first kappa shape index (κ1) is 14.1. The second-order valence-corrected chi connectivity index (χ2v) is 5.51. The van der Waals surface area contributed by atoms with Gasteiger partial charge in [0.2, 0.25) is 0 Å². The lowest BCUT2D eigenvalue weighted by Crippen LogP contribution is -2.19. The third-order valence-corrected chi connectivity index (χ3v) is 3.96. The van der Waals surface area contributed by atoms with Crippen molar-refractivity contribution in [2.75, 3.05) is 18.5 Å². The van der Waals surface area contributed by atoms with E-state index in [9.17, 15) is 4.39 Å². The molecule has 7 heteroatoms. The van der Waals surface area contributed by atoms with Gasteiger partial charge in [-0.25, -0.2) is 19.0 Å². The lowest BCUT2D eigenvalue weighted by molar-refractivity contribution is 0.120. The van der Waals surface area contributed by atoms with Gasteiger partial charge in [-0.15, -0.1) is 0 Å². The molecule has 0 spiro atoms. The van der Waals surface area contributed by atoms with Crippen molar-refractivity contribution in [2.45, 2.75) is 18.9 Å². The van der Waals surface area contributed by atoms with E-state index in [1.54, 1.807) is 23.0 Å². The molecule has 1 fully saturated rings. The highest BCUT2D eigenvalue weighted by Crippen LogP contribution is 2.22. The number of ether oxygens (including phenoxy) is 1. The van der Waals surface area contributed by atoms with Crippen LogP contribution >= 0.6 is 0 Å². The van der Waals surface area contributed by atoms with Gasteiger partial charge in [0, 0.05) is 13.2 Å². The Morgan fingerprint density at radius 2 is 2.13 bits per heavy atom. The van der Waals surface area contributed by atoms with Crippen molar-refractivity contribution in [3.05, 3.63) is 42.6 Å². The zero-order valence-corrected chi connectivity index (χ0v) is 12.4. The Bertz CT molecular complexity index is 811. The SMILES string of the molecule is Fc1ccc(-n2ncc3c(NC[C@H]4CCCO4)ncnc32)cc1. The molecule has 1 N–H and O–H groups in total. The first-order chi connectivity index (χ1) is 11.3. The van der Waals surface area contributed by atoms with Crippen LogP contribution in [0, 0.1) is 5.82 Å². The summed E-state index contributed by atoms with van der Waals surface area (Å²) in [5, 5.41) is 8.50.